The molecule has 2 amide bonds. The first-order valence-corrected chi connectivity index (χ1v) is 7.39. The molecular weight excluding hydrogens is 288 g/mol. The summed E-state index contributed by atoms with van der Waals surface area (Å²) in [6.45, 7) is 10.5. The van der Waals surface area contributed by atoms with Crippen LogP contribution >= 0.6 is 0 Å². The van der Waals surface area contributed by atoms with Gasteiger partial charge in [-0.2, -0.15) is 0 Å². The molecule has 0 heterocycles. The van der Waals surface area contributed by atoms with Gasteiger partial charge in [-0.15, -0.1) is 0 Å². The predicted octanol–water partition coefficient (Wildman–Crippen LogP) is 1.60. The summed E-state index contributed by atoms with van der Waals surface area (Å²) in [6.07, 6.45) is 0.0156. The maximum Gasteiger partial charge on any atom is 0.408 e. The van der Waals surface area contributed by atoms with E-state index in [1.165, 1.54) is 14.0 Å². The summed E-state index contributed by atoms with van der Waals surface area (Å²) in [6, 6.07) is -1.57. The zero-order valence-corrected chi connectivity index (χ0v) is 14.5. The van der Waals surface area contributed by atoms with E-state index in [4.69, 9.17) is 9.47 Å². The molecule has 0 radical (unpaired) electrons. The van der Waals surface area contributed by atoms with Crippen LogP contribution in [-0.2, 0) is 19.1 Å². The zero-order chi connectivity index (χ0) is 17.5. The number of methoxy groups -OCH3 is 1. The fraction of sp³-hybridized carbons (Fsp3) is 0.800. The molecule has 0 aliphatic heterocycles. The number of hydrogen-bond acceptors (Lipinski definition) is 5. The normalized spacial score (nSPS) is 15.2. The summed E-state index contributed by atoms with van der Waals surface area (Å²) >= 11 is 0. The number of hydrogen-bond donors (Lipinski definition) is 2. The third-order valence-corrected chi connectivity index (χ3v) is 3.09. The van der Waals surface area contributed by atoms with Gasteiger partial charge in [0.1, 0.15) is 17.7 Å². The molecule has 0 rings (SSSR count). The van der Waals surface area contributed by atoms with E-state index in [9.17, 15) is 14.4 Å². The molecule has 0 aliphatic carbocycles. The first-order chi connectivity index (χ1) is 10.0. The smallest absolute Gasteiger partial charge is 0.408 e. The van der Waals surface area contributed by atoms with Gasteiger partial charge in [0.25, 0.3) is 0 Å². The van der Waals surface area contributed by atoms with Gasteiger partial charge in [-0.05, 0) is 33.6 Å². The van der Waals surface area contributed by atoms with E-state index in [0.29, 0.717) is 6.42 Å². The summed E-state index contributed by atoms with van der Waals surface area (Å²) < 4.78 is 9.78. The van der Waals surface area contributed by atoms with Crippen molar-refractivity contribution < 1.29 is 23.9 Å². The van der Waals surface area contributed by atoms with Gasteiger partial charge in [-0.3, -0.25) is 4.79 Å². The van der Waals surface area contributed by atoms with Crippen LogP contribution in [0.4, 0.5) is 4.79 Å². The SMILES string of the molecule is CC[C@H](C)[C@H](NC(=O)[C@H](C)NC(=O)OC(C)(C)C)C(=O)OC. The summed E-state index contributed by atoms with van der Waals surface area (Å²) in [5.74, 6) is -1.06. The number of rotatable bonds is 6. The fourth-order valence-electron chi connectivity index (χ4n) is 1.62. The summed E-state index contributed by atoms with van der Waals surface area (Å²) in [4.78, 5) is 35.5. The second kappa shape index (κ2) is 8.60. The molecule has 128 valence electrons. The highest BCUT2D eigenvalue weighted by atomic mass is 16.6. The Balaban J connectivity index is 4.67. The first-order valence-electron chi connectivity index (χ1n) is 7.39. The fourth-order valence-corrected chi connectivity index (χ4v) is 1.62. The van der Waals surface area contributed by atoms with Crippen molar-refractivity contribution in [1.82, 2.24) is 10.6 Å². The second-order valence-corrected chi connectivity index (χ2v) is 6.26. The molecule has 0 fully saturated rings. The van der Waals surface area contributed by atoms with Crippen molar-refractivity contribution in [3.63, 3.8) is 0 Å². The standard InChI is InChI=1S/C15H28N2O5/c1-8-9(2)11(13(19)21-7)17-12(18)10(3)16-14(20)22-15(4,5)6/h9-11H,8H2,1-7H3,(H,16,20)(H,17,18)/t9-,10-,11-/m0/s1. The molecule has 0 saturated carbocycles. The second-order valence-electron chi connectivity index (χ2n) is 6.26. The number of carbonyl (C=O) groups is 3. The minimum absolute atomic E-state index is 0.0786. The minimum Gasteiger partial charge on any atom is -0.467 e. The Morgan fingerprint density at radius 3 is 2.05 bits per heavy atom. The van der Waals surface area contributed by atoms with Crippen molar-refractivity contribution >= 4 is 18.0 Å². The Kier molecular flexibility index (Phi) is 7.90. The van der Waals surface area contributed by atoms with Gasteiger partial charge in [0.2, 0.25) is 5.91 Å². The molecule has 0 unspecified atom stereocenters. The summed E-state index contributed by atoms with van der Waals surface area (Å²) in [5.41, 5.74) is -0.647. The van der Waals surface area contributed by atoms with Crippen molar-refractivity contribution in [2.75, 3.05) is 7.11 Å². The summed E-state index contributed by atoms with van der Waals surface area (Å²) in [5, 5.41) is 5.03. The van der Waals surface area contributed by atoms with Crippen molar-refractivity contribution in [3.8, 4) is 0 Å². The van der Waals surface area contributed by atoms with Gasteiger partial charge < -0.3 is 20.1 Å². The van der Waals surface area contributed by atoms with Gasteiger partial charge in [-0.25, -0.2) is 9.59 Å². The molecule has 0 bridgehead atoms. The minimum atomic E-state index is -0.828. The van der Waals surface area contributed by atoms with Crippen LogP contribution in [0.3, 0.4) is 0 Å². The van der Waals surface area contributed by atoms with E-state index in [0.717, 1.165) is 0 Å². The molecule has 2 N–H and O–H groups in total. The molecule has 0 aromatic rings. The highest BCUT2D eigenvalue weighted by Gasteiger charge is 2.29. The number of carbonyl (C=O) groups excluding carboxylic acids is 3. The molecule has 0 aromatic heterocycles. The molecule has 22 heavy (non-hydrogen) atoms. The van der Waals surface area contributed by atoms with Crippen LogP contribution in [0.1, 0.15) is 48.0 Å². The number of amides is 2. The van der Waals surface area contributed by atoms with Gasteiger partial charge >= 0.3 is 12.1 Å². The Hall–Kier alpha value is -1.79. The van der Waals surface area contributed by atoms with Crippen LogP contribution < -0.4 is 10.6 Å². The van der Waals surface area contributed by atoms with Gasteiger partial charge in [0, 0.05) is 0 Å². The third-order valence-electron chi connectivity index (χ3n) is 3.09. The number of esters is 1. The van der Waals surface area contributed by atoms with Gasteiger partial charge in [0.15, 0.2) is 0 Å². The average molecular weight is 316 g/mol. The predicted molar refractivity (Wildman–Crippen MR) is 82.2 cm³/mol. The lowest BCUT2D eigenvalue weighted by atomic mass is 9.99. The van der Waals surface area contributed by atoms with Crippen LogP contribution in [-0.4, -0.2) is 42.8 Å². The zero-order valence-electron chi connectivity index (χ0n) is 14.5. The van der Waals surface area contributed by atoms with E-state index in [1.54, 1.807) is 20.8 Å². The van der Waals surface area contributed by atoms with Crippen LogP contribution in [0.2, 0.25) is 0 Å². The van der Waals surface area contributed by atoms with Crippen LogP contribution in [0.5, 0.6) is 0 Å². The summed E-state index contributed by atoms with van der Waals surface area (Å²) in [7, 11) is 1.27. The quantitative estimate of drug-likeness (QED) is 0.726. The van der Waals surface area contributed by atoms with Gasteiger partial charge in [0.05, 0.1) is 7.11 Å². The largest absolute Gasteiger partial charge is 0.467 e. The topological polar surface area (TPSA) is 93.7 Å². The lowest BCUT2D eigenvalue weighted by Gasteiger charge is -2.25. The molecule has 0 aliphatic rings. The van der Waals surface area contributed by atoms with Crippen molar-refractivity contribution in [3.05, 3.63) is 0 Å². The highest BCUT2D eigenvalue weighted by molar-refractivity contribution is 5.89. The Morgan fingerprint density at radius 1 is 1.09 bits per heavy atom. The van der Waals surface area contributed by atoms with E-state index in [2.05, 4.69) is 10.6 Å². The monoisotopic (exact) mass is 316 g/mol. The molecular formula is C15H28N2O5. The Bertz CT molecular complexity index is 403. The van der Waals surface area contributed by atoms with Gasteiger partial charge in [-0.1, -0.05) is 20.3 Å². The van der Waals surface area contributed by atoms with E-state index >= 15 is 0 Å². The number of alkyl carbamates (subject to hydrolysis) is 1. The molecule has 0 spiro atoms. The molecule has 0 aromatic carbocycles. The highest BCUT2D eigenvalue weighted by Crippen LogP contribution is 2.10. The Morgan fingerprint density at radius 2 is 1.64 bits per heavy atom. The lowest BCUT2D eigenvalue weighted by molar-refractivity contribution is -0.146. The van der Waals surface area contributed by atoms with E-state index in [-0.39, 0.29) is 5.92 Å². The molecule has 7 heteroatoms. The van der Waals surface area contributed by atoms with Crippen LogP contribution in [0.25, 0.3) is 0 Å². The first kappa shape index (κ1) is 20.2. The molecule has 3 atom stereocenters. The maximum atomic E-state index is 12.1. The van der Waals surface area contributed by atoms with Crippen molar-refractivity contribution in [1.29, 1.82) is 0 Å². The third kappa shape index (κ3) is 7.28. The van der Waals surface area contributed by atoms with Crippen molar-refractivity contribution in [2.24, 2.45) is 5.92 Å². The lowest BCUT2D eigenvalue weighted by Crippen LogP contribution is -2.53. The van der Waals surface area contributed by atoms with Crippen molar-refractivity contribution in [2.45, 2.75) is 65.6 Å². The molecule has 0 saturated heterocycles. The Labute approximate surface area is 132 Å². The van der Waals surface area contributed by atoms with Crippen LogP contribution in [0, 0.1) is 5.92 Å². The average Bonchev–Trinajstić information content (AvgIpc) is 2.40. The van der Waals surface area contributed by atoms with Crippen LogP contribution in [0.15, 0.2) is 0 Å². The van der Waals surface area contributed by atoms with E-state index < -0.39 is 35.7 Å². The molecule has 7 nitrogen and oxygen atoms in total. The number of ether oxygens (including phenoxy) is 2. The van der Waals surface area contributed by atoms with E-state index in [1.807, 2.05) is 13.8 Å². The maximum absolute atomic E-state index is 12.1. The number of nitrogens with one attached hydrogen (secondary N) is 2.